The Morgan fingerprint density at radius 3 is 2.11 bits per heavy atom. The van der Waals surface area contributed by atoms with Crippen LogP contribution >= 0.6 is 0 Å². The van der Waals surface area contributed by atoms with Gasteiger partial charge in [-0.2, -0.15) is 0 Å². The van der Waals surface area contributed by atoms with Crippen molar-refractivity contribution in [3.05, 3.63) is 35.9 Å². The first-order valence-electron chi connectivity index (χ1n) is 17.0. The fourth-order valence-electron chi connectivity index (χ4n) is 7.11. The number of rotatable bonds is 12. The van der Waals surface area contributed by atoms with Gasteiger partial charge in [0, 0.05) is 30.8 Å². The first kappa shape index (κ1) is 36.3. The van der Waals surface area contributed by atoms with Crippen LogP contribution in [0.2, 0.25) is 0 Å². The maximum absolute atomic E-state index is 14.0. The normalized spacial score (nSPS) is 24.9. The summed E-state index contributed by atoms with van der Waals surface area (Å²) in [6.07, 6.45) is 7.88. The molecule has 10 nitrogen and oxygen atoms in total. The zero-order chi connectivity index (χ0) is 33.9. The molecule has 3 aliphatic rings. The zero-order valence-electron chi connectivity index (χ0n) is 28.6. The first-order valence-corrected chi connectivity index (χ1v) is 18.9. The molecule has 3 fully saturated rings. The van der Waals surface area contributed by atoms with Crippen molar-refractivity contribution in [2.45, 2.75) is 127 Å². The highest BCUT2D eigenvalue weighted by atomic mass is 32.2. The molecule has 258 valence electrons. The number of aliphatic hydroxyl groups is 1. The number of hydrogen-bond donors (Lipinski definition) is 4. The summed E-state index contributed by atoms with van der Waals surface area (Å²) in [5, 5.41) is 20.7. The molecule has 6 unspecified atom stereocenters. The largest absolute Gasteiger partial charge is 0.390 e. The van der Waals surface area contributed by atoms with Crippen molar-refractivity contribution in [2.24, 2.45) is 17.8 Å². The predicted octanol–water partition coefficient (Wildman–Crippen LogP) is 2.98. The summed E-state index contributed by atoms with van der Waals surface area (Å²) in [4.78, 5) is 42.7. The number of fused-ring (bicyclic) bond motifs is 1. The van der Waals surface area contributed by atoms with E-state index in [0.717, 1.165) is 43.9 Å². The fourth-order valence-corrected chi connectivity index (χ4v) is 7.71. The van der Waals surface area contributed by atoms with Crippen LogP contribution in [0.1, 0.15) is 91.5 Å². The third-order valence-corrected chi connectivity index (χ3v) is 12.6. The molecule has 4 rings (SSSR count). The predicted molar refractivity (Wildman–Crippen MR) is 180 cm³/mol. The second kappa shape index (κ2) is 14.7. The van der Waals surface area contributed by atoms with E-state index in [-0.39, 0.29) is 30.7 Å². The van der Waals surface area contributed by atoms with Crippen LogP contribution in [0.15, 0.2) is 30.3 Å². The Morgan fingerprint density at radius 1 is 0.913 bits per heavy atom. The van der Waals surface area contributed by atoms with E-state index in [1.807, 2.05) is 51.1 Å². The van der Waals surface area contributed by atoms with Gasteiger partial charge < -0.3 is 21.1 Å². The Hall–Kier alpha value is -2.50. The molecule has 6 atom stereocenters. The number of aliphatic hydroxyl groups excluding tert-OH is 1. The van der Waals surface area contributed by atoms with Gasteiger partial charge in [0.05, 0.1) is 22.9 Å². The summed E-state index contributed by atoms with van der Waals surface area (Å²) in [5.74, 6) is -0.363. The first-order chi connectivity index (χ1) is 21.5. The van der Waals surface area contributed by atoms with Crippen molar-refractivity contribution in [3.8, 4) is 0 Å². The lowest BCUT2D eigenvalue weighted by Gasteiger charge is -2.47. The van der Waals surface area contributed by atoms with Crippen molar-refractivity contribution >= 4 is 27.6 Å². The fraction of sp³-hybridized carbons (Fsp3) is 0.743. The Balaban J connectivity index is 1.60. The van der Waals surface area contributed by atoms with E-state index in [9.17, 15) is 27.9 Å². The van der Waals surface area contributed by atoms with Crippen LogP contribution < -0.4 is 16.0 Å². The Morgan fingerprint density at radius 2 is 1.54 bits per heavy atom. The van der Waals surface area contributed by atoms with Crippen LogP contribution in [0, 0.1) is 17.8 Å². The molecule has 1 heterocycles. The highest BCUT2D eigenvalue weighted by Crippen LogP contribution is 2.39. The third kappa shape index (κ3) is 9.10. The van der Waals surface area contributed by atoms with E-state index in [4.69, 9.17) is 0 Å². The van der Waals surface area contributed by atoms with Gasteiger partial charge in [-0.05, 0) is 84.1 Å². The van der Waals surface area contributed by atoms with Gasteiger partial charge in [0.25, 0.3) is 0 Å². The lowest BCUT2D eigenvalue weighted by Crippen LogP contribution is -2.64. The zero-order valence-corrected chi connectivity index (χ0v) is 29.4. The standard InChI is InChI=1S/C35H56N4O6S/c1-34(2,3)38-32(42)28-20-25-15-10-11-16-26(25)21-39(28)22-29(40)27(19-23-13-8-7-9-14-23)36-33(43)30(35(4,5)46(6,44)45)37-31(41)24-17-12-18-24/h7-9,13-14,24-30,40H,10-12,15-22H2,1-6H3,(H,36,43)(H,37,41)(H,38,42). The maximum atomic E-state index is 14.0. The number of nitrogens with one attached hydrogen (secondary N) is 3. The number of amides is 3. The summed E-state index contributed by atoms with van der Waals surface area (Å²) >= 11 is 0. The van der Waals surface area contributed by atoms with Crippen molar-refractivity contribution in [2.75, 3.05) is 19.3 Å². The minimum Gasteiger partial charge on any atom is -0.390 e. The van der Waals surface area contributed by atoms with E-state index < -0.39 is 50.3 Å². The number of carbonyl (C=O) groups excluding carboxylic acids is 3. The van der Waals surface area contributed by atoms with Gasteiger partial charge in [0.1, 0.15) is 6.04 Å². The number of hydrogen-bond acceptors (Lipinski definition) is 7. The van der Waals surface area contributed by atoms with Crippen molar-refractivity contribution in [3.63, 3.8) is 0 Å². The Kier molecular flexibility index (Phi) is 11.6. The molecule has 0 spiro atoms. The molecule has 4 N–H and O–H groups in total. The molecule has 1 aromatic carbocycles. The molecule has 0 aromatic heterocycles. The molecular weight excluding hydrogens is 604 g/mol. The van der Waals surface area contributed by atoms with Crippen LogP contribution in [0.25, 0.3) is 0 Å². The Bertz CT molecular complexity index is 1320. The van der Waals surface area contributed by atoms with Gasteiger partial charge >= 0.3 is 0 Å². The van der Waals surface area contributed by atoms with Crippen LogP contribution in [-0.4, -0.2) is 90.0 Å². The molecule has 2 aliphatic carbocycles. The number of β-amino-alcohol motifs (C(OH)–C–C–N with tert-alkyl or cyclic N) is 1. The molecule has 11 heteroatoms. The number of carbonyl (C=O) groups is 3. The van der Waals surface area contributed by atoms with E-state index in [2.05, 4.69) is 20.9 Å². The minimum absolute atomic E-state index is 0.0546. The van der Waals surface area contributed by atoms with Crippen LogP contribution in [-0.2, 0) is 30.6 Å². The minimum atomic E-state index is -3.78. The molecular formula is C35H56N4O6S. The highest BCUT2D eigenvalue weighted by molar-refractivity contribution is 7.92. The Labute approximate surface area is 275 Å². The number of likely N-dealkylation sites (tertiary alicyclic amines) is 1. The summed E-state index contributed by atoms with van der Waals surface area (Å²) in [5.41, 5.74) is 0.484. The SMILES string of the molecule is CC(C)(C)NC(=O)C1CC2CCCCC2CN1CC(O)C(Cc1ccccc1)NC(=O)C(NC(=O)C1CCC1)C(C)(C)S(C)(=O)=O. The summed E-state index contributed by atoms with van der Waals surface area (Å²) in [6.45, 7) is 9.63. The van der Waals surface area contributed by atoms with Crippen molar-refractivity contribution < 1.29 is 27.9 Å². The summed E-state index contributed by atoms with van der Waals surface area (Å²) in [7, 11) is -3.78. The van der Waals surface area contributed by atoms with E-state index >= 15 is 0 Å². The molecule has 3 amide bonds. The topological polar surface area (TPSA) is 145 Å². The van der Waals surface area contributed by atoms with E-state index in [1.54, 1.807) is 0 Å². The lowest BCUT2D eigenvalue weighted by molar-refractivity contribution is -0.134. The maximum Gasteiger partial charge on any atom is 0.244 e. The van der Waals surface area contributed by atoms with Crippen molar-refractivity contribution in [1.29, 1.82) is 0 Å². The molecule has 2 saturated carbocycles. The van der Waals surface area contributed by atoms with Gasteiger partial charge in [0.2, 0.25) is 17.7 Å². The monoisotopic (exact) mass is 660 g/mol. The molecule has 0 bridgehead atoms. The van der Waals surface area contributed by atoms with Gasteiger partial charge in [-0.25, -0.2) is 8.42 Å². The highest BCUT2D eigenvalue weighted by Gasteiger charge is 2.47. The van der Waals surface area contributed by atoms with Crippen LogP contribution in [0.3, 0.4) is 0 Å². The number of sulfone groups is 1. The number of nitrogens with zero attached hydrogens (tertiary/aromatic N) is 1. The van der Waals surface area contributed by atoms with E-state index in [0.29, 0.717) is 31.2 Å². The smallest absolute Gasteiger partial charge is 0.244 e. The third-order valence-electron chi connectivity index (χ3n) is 10.5. The van der Waals surface area contributed by atoms with Gasteiger partial charge in [0.15, 0.2) is 9.84 Å². The molecule has 1 aliphatic heterocycles. The number of piperidine rings is 1. The lowest BCUT2D eigenvalue weighted by atomic mass is 9.72. The van der Waals surface area contributed by atoms with Gasteiger partial charge in [-0.3, -0.25) is 19.3 Å². The quantitative estimate of drug-likeness (QED) is 0.270. The average Bonchev–Trinajstić information content (AvgIpc) is 2.93. The van der Waals surface area contributed by atoms with Gasteiger partial charge in [-0.15, -0.1) is 0 Å². The molecule has 1 aromatic rings. The summed E-state index contributed by atoms with van der Waals surface area (Å²) in [6, 6.07) is 6.92. The number of benzene rings is 1. The molecule has 0 radical (unpaired) electrons. The molecule has 46 heavy (non-hydrogen) atoms. The molecule has 1 saturated heterocycles. The van der Waals surface area contributed by atoms with E-state index in [1.165, 1.54) is 20.3 Å². The second-order valence-electron chi connectivity index (χ2n) is 15.6. The van der Waals surface area contributed by atoms with Crippen LogP contribution in [0.4, 0.5) is 0 Å². The second-order valence-corrected chi connectivity index (χ2v) is 18.2. The van der Waals surface area contributed by atoms with Gasteiger partial charge in [-0.1, -0.05) is 56.0 Å². The average molecular weight is 661 g/mol. The summed E-state index contributed by atoms with van der Waals surface area (Å²) < 4.78 is 24.2. The van der Waals surface area contributed by atoms with Crippen LogP contribution in [0.5, 0.6) is 0 Å². The van der Waals surface area contributed by atoms with Crippen molar-refractivity contribution in [1.82, 2.24) is 20.9 Å².